The summed E-state index contributed by atoms with van der Waals surface area (Å²) in [6, 6.07) is -0.211. The summed E-state index contributed by atoms with van der Waals surface area (Å²) < 4.78 is 18.8. The number of carbonyl (C=O) groups is 1. The maximum absolute atomic E-state index is 13.5. The van der Waals surface area contributed by atoms with Crippen LogP contribution in [-0.4, -0.2) is 35.4 Å². The molecule has 0 N–H and O–H groups in total. The van der Waals surface area contributed by atoms with Crippen molar-refractivity contribution in [2.75, 3.05) is 6.54 Å². The topological polar surface area (TPSA) is 29.5 Å². The molecule has 3 atom stereocenters. The quantitative estimate of drug-likeness (QED) is 0.639. The lowest BCUT2D eigenvalue weighted by molar-refractivity contribution is 0.0217. The summed E-state index contributed by atoms with van der Waals surface area (Å²) >= 11 is 0. The highest BCUT2D eigenvalue weighted by Gasteiger charge is 2.56. The van der Waals surface area contributed by atoms with Crippen molar-refractivity contribution in [2.45, 2.75) is 57.8 Å². The molecule has 0 bridgehead atoms. The first kappa shape index (κ1) is 11.7. The van der Waals surface area contributed by atoms with E-state index in [1.54, 1.807) is 4.90 Å². The number of likely N-dealkylation sites (tertiary alicyclic amines) is 1. The number of amides is 1. The molecule has 1 amide bonds. The van der Waals surface area contributed by atoms with Gasteiger partial charge in [0.2, 0.25) is 0 Å². The number of halogens is 1. The Labute approximate surface area is 95.9 Å². The van der Waals surface area contributed by atoms with E-state index in [2.05, 4.69) is 0 Å². The minimum absolute atomic E-state index is 0.0648. The van der Waals surface area contributed by atoms with Crippen molar-refractivity contribution >= 4 is 6.09 Å². The van der Waals surface area contributed by atoms with E-state index in [0.29, 0.717) is 6.54 Å². The lowest BCUT2D eigenvalue weighted by Crippen LogP contribution is -2.39. The van der Waals surface area contributed by atoms with E-state index in [9.17, 15) is 9.18 Å². The van der Waals surface area contributed by atoms with E-state index in [0.717, 1.165) is 19.3 Å². The standard InChI is InChI=1S/C12H20FNO2/c1-12(2,3)16-11(15)14-7-5-4-6-8-9(13)10(8)14/h8-10H,4-7H2,1-3H3/t8-,9+,10?/m0/s1. The Morgan fingerprint density at radius 1 is 1.38 bits per heavy atom. The highest BCUT2D eigenvalue weighted by atomic mass is 19.1. The zero-order valence-corrected chi connectivity index (χ0v) is 10.2. The van der Waals surface area contributed by atoms with Gasteiger partial charge < -0.3 is 9.64 Å². The minimum atomic E-state index is -0.826. The number of hydrogen-bond acceptors (Lipinski definition) is 2. The van der Waals surface area contributed by atoms with Crippen molar-refractivity contribution in [3.05, 3.63) is 0 Å². The molecule has 16 heavy (non-hydrogen) atoms. The summed E-state index contributed by atoms with van der Waals surface area (Å²) in [6.45, 7) is 6.14. The number of ether oxygens (including phenoxy) is 1. The van der Waals surface area contributed by atoms with Crippen molar-refractivity contribution in [3.8, 4) is 0 Å². The van der Waals surface area contributed by atoms with Gasteiger partial charge in [-0.1, -0.05) is 6.42 Å². The second kappa shape index (κ2) is 3.90. The normalized spacial score (nSPS) is 34.0. The number of hydrogen-bond donors (Lipinski definition) is 0. The van der Waals surface area contributed by atoms with Crippen molar-refractivity contribution < 1.29 is 13.9 Å². The number of alkyl halides is 1. The minimum Gasteiger partial charge on any atom is -0.444 e. The van der Waals surface area contributed by atoms with Crippen LogP contribution < -0.4 is 0 Å². The van der Waals surface area contributed by atoms with Gasteiger partial charge in [0.05, 0.1) is 6.04 Å². The third-order valence-electron chi connectivity index (χ3n) is 3.21. The molecular weight excluding hydrogens is 209 g/mol. The number of rotatable bonds is 0. The maximum atomic E-state index is 13.5. The molecular formula is C12H20FNO2. The first-order chi connectivity index (χ1) is 7.40. The monoisotopic (exact) mass is 229 g/mol. The second-order valence-corrected chi connectivity index (χ2v) is 5.77. The molecule has 0 aromatic rings. The molecule has 1 unspecified atom stereocenters. The van der Waals surface area contributed by atoms with Crippen LogP contribution in [0.15, 0.2) is 0 Å². The van der Waals surface area contributed by atoms with Gasteiger partial charge in [0.25, 0.3) is 0 Å². The fourth-order valence-electron chi connectivity index (χ4n) is 2.39. The lowest BCUT2D eigenvalue weighted by Gasteiger charge is -2.26. The van der Waals surface area contributed by atoms with Gasteiger partial charge in [-0.25, -0.2) is 9.18 Å². The van der Waals surface area contributed by atoms with Crippen LogP contribution >= 0.6 is 0 Å². The summed E-state index contributed by atoms with van der Waals surface area (Å²) in [7, 11) is 0. The molecule has 0 radical (unpaired) electrons. The Bertz CT molecular complexity index is 287. The highest BCUT2D eigenvalue weighted by molar-refractivity contribution is 5.69. The third-order valence-corrected chi connectivity index (χ3v) is 3.21. The Kier molecular flexibility index (Phi) is 2.84. The first-order valence-electron chi connectivity index (χ1n) is 6.04. The number of nitrogens with zero attached hydrogens (tertiary/aromatic N) is 1. The van der Waals surface area contributed by atoms with Crippen LogP contribution in [-0.2, 0) is 4.74 Å². The van der Waals surface area contributed by atoms with E-state index in [1.807, 2.05) is 20.8 Å². The average molecular weight is 229 g/mol. The van der Waals surface area contributed by atoms with Gasteiger partial charge in [-0.05, 0) is 33.6 Å². The summed E-state index contributed by atoms with van der Waals surface area (Å²) in [5, 5.41) is 0. The number of carbonyl (C=O) groups excluding carboxylic acids is 1. The van der Waals surface area contributed by atoms with Crippen LogP contribution in [0.5, 0.6) is 0 Å². The van der Waals surface area contributed by atoms with E-state index in [1.165, 1.54) is 0 Å². The molecule has 92 valence electrons. The molecule has 1 aliphatic carbocycles. The van der Waals surface area contributed by atoms with Gasteiger partial charge >= 0.3 is 6.09 Å². The largest absolute Gasteiger partial charge is 0.444 e. The molecule has 2 aliphatic rings. The molecule has 4 heteroatoms. The second-order valence-electron chi connectivity index (χ2n) is 5.77. The summed E-state index contributed by atoms with van der Waals surface area (Å²) in [4.78, 5) is 13.5. The van der Waals surface area contributed by atoms with Gasteiger partial charge in [-0.3, -0.25) is 0 Å². The molecule has 3 nitrogen and oxygen atoms in total. The molecule has 0 aromatic heterocycles. The van der Waals surface area contributed by atoms with E-state index in [4.69, 9.17) is 4.74 Å². The van der Waals surface area contributed by atoms with E-state index in [-0.39, 0.29) is 18.1 Å². The first-order valence-corrected chi connectivity index (χ1v) is 6.04. The van der Waals surface area contributed by atoms with Crippen LogP contribution in [0.25, 0.3) is 0 Å². The Hall–Kier alpha value is -0.800. The van der Waals surface area contributed by atoms with Crippen LogP contribution in [0.2, 0.25) is 0 Å². The van der Waals surface area contributed by atoms with Gasteiger partial charge in [-0.2, -0.15) is 0 Å². The predicted octanol–water partition coefficient (Wildman–Crippen LogP) is 2.74. The van der Waals surface area contributed by atoms with Crippen LogP contribution in [0.1, 0.15) is 40.0 Å². The van der Waals surface area contributed by atoms with Crippen LogP contribution in [0, 0.1) is 5.92 Å². The van der Waals surface area contributed by atoms with Gasteiger partial charge in [0, 0.05) is 12.5 Å². The fraction of sp³-hybridized carbons (Fsp3) is 0.917. The fourth-order valence-corrected chi connectivity index (χ4v) is 2.39. The molecule has 1 saturated carbocycles. The lowest BCUT2D eigenvalue weighted by atomic mass is 10.2. The summed E-state index contributed by atoms with van der Waals surface area (Å²) in [5.74, 6) is 0.0648. The zero-order valence-electron chi connectivity index (χ0n) is 10.2. The highest BCUT2D eigenvalue weighted by Crippen LogP contribution is 2.45. The zero-order chi connectivity index (χ0) is 11.9. The van der Waals surface area contributed by atoms with Crippen molar-refractivity contribution in [1.29, 1.82) is 0 Å². The smallest absolute Gasteiger partial charge is 0.410 e. The van der Waals surface area contributed by atoms with Crippen molar-refractivity contribution in [1.82, 2.24) is 4.90 Å². The van der Waals surface area contributed by atoms with Crippen molar-refractivity contribution in [3.63, 3.8) is 0 Å². The predicted molar refractivity (Wildman–Crippen MR) is 59.0 cm³/mol. The molecule has 1 saturated heterocycles. The summed E-state index contributed by atoms with van der Waals surface area (Å²) in [6.07, 6.45) is 1.70. The Morgan fingerprint density at radius 3 is 2.69 bits per heavy atom. The van der Waals surface area contributed by atoms with Gasteiger partial charge in [-0.15, -0.1) is 0 Å². The average Bonchev–Trinajstić information content (AvgIpc) is 2.79. The van der Waals surface area contributed by atoms with Gasteiger partial charge in [0.15, 0.2) is 0 Å². The summed E-state index contributed by atoms with van der Waals surface area (Å²) in [5.41, 5.74) is -0.500. The Balaban J connectivity index is 1.99. The Morgan fingerprint density at radius 2 is 2.06 bits per heavy atom. The number of fused-ring (bicyclic) bond motifs is 1. The van der Waals surface area contributed by atoms with Gasteiger partial charge in [0.1, 0.15) is 11.8 Å². The molecule has 1 aliphatic heterocycles. The maximum Gasteiger partial charge on any atom is 0.410 e. The van der Waals surface area contributed by atoms with E-state index >= 15 is 0 Å². The van der Waals surface area contributed by atoms with Crippen LogP contribution in [0.4, 0.5) is 9.18 Å². The third kappa shape index (κ3) is 2.30. The molecule has 0 aromatic carbocycles. The molecule has 2 rings (SSSR count). The van der Waals surface area contributed by atoms with Crippen molar-refractivity contribution in [2.24, 2.45) is 5.92 Å². The molecule has 1 heterocycles. The molecule has 2 fully saturated rings. The van der Waals surface area contributed by atoms with E-state index < -0.39 is 11.8 Å². The van der Waals surface area contributed by atoms with Crippen LogP contribution in [0.3, 0.4) is 0 Å². The SMILES string of the molecule is CC(C)(C)OC(=O)N1CCCC[C@@H]2C1[C@@H]2F. The molecule has 0 spiro atoms.